The number of alkyl carbamates (subject to hydrolysis) is 1. The molecule has 0 radical (unpaired) electrons. The molecule has 118 valence electrons. The molecule has 0 aromatic carbocycles. The largest absolute Gasteiger partial charge is 0.444 e. The minimum atomic E-state index is -0.458. The van der Waals surface area contributed by atoms with Crippen LogP contribution in [0, 0.1) is 0 Å². The summed E-state index contributed by atoms with van der Waals surface area (Å²) in [5.41, 5.74) is -0.458. The number of hydrogen-bond donors (Lipinski definition) is 3. The third-order valence-corrected chi connectivity index (χ3v) is 3.58. The molecule has 0 bridgehead atoms. The summed E-state index contributed by atoms with van der Waals surface area (Å²) < 4.78 is 5.29. The second-order valence-electron chi connectivity index (χ2n) is 6.66. The summed E-state index contributed by atoms with van der Waals surface area (Å²) in [6, 6.07) is 0.674. The summed E-state index contributed by atoms with van der Waals surface area (Å²) in [7, 11) is 0. The van der Waals surface area contributed by atoms with Crippen molar-refractivity contribution in [3.63, 3.8) is 0 Å². The Labute approximate surface area is 122 Å². The highest BCUT2D eigenvalue weighted by molar-refractivity contribution is 5.68. The molecular weight excluding hydrogens is 256 g/mol. The van der Waals surface area contributed by atoms with Crippen molar-refractivity contribution in [1.82, 2.24) is 10.6 Å². The molecular formula is C15H30N2O3. The topological polar surface area (TPSA) is 70.6 Å². The first-order valence-electron chi connectivity index (χ1n) is 7.70. The van der Waals surface area contributed by atoms with E-state index in [1.807, 2.05) is 20.8 Å². The molecule has 0 aromatic heterocycles. The number of aliphatic hydroxyl groups is 1. The third-order valence-electron chi connectivity index (χ3n) is 3.58. The fraction of sp³-hybridized carbons (Fsp3) is 0.933. The summed E-state index contributed by atoms with van der Waals surface area (Å²) in [5, 5.41) is 15.7. The van der Waals surface area contributed by atoms with E-state index in [1.165, 1.54) is 0 Å². The Kier molecular flexibility index (Phi) is 6.76. The van der Waals surface area contributed by atoms with Crippen molar-refractivity contribution in [2.75, 3.05) is 6.61 Å². The number of carbonyl (C=O) groups excluding carboxylic acids is 1. The Bertz CT molecular complexity index is 298. The predicted octanol–water partition coefficient (Wildman–Crippen LogP) is 2.18. The van der Waals surface area contributed by atoms with Gasteiger partial charge >= 0.3 is 6.09 Å². The summed E-state index contributed by atoms with van der Waals surface area (Å²) in [5.74, 6) is 0. The van der Waals surface area contributed by atoms with E-state index in [4.69, 9.17) is 4.74 Å². The second-order valence-corrected chi connectivity index (χ2v) is 6.66. The summed E-state index contributed by atoms with van der Waals surface area (Å²) in [4.78, 5) is 11.8. The van der Waals surface area contributed by atoms with Gasteiger partial charge in [-0.25, -0.2) is 4.79 Å². The zero-order chi connectivity index (χ0) is 15.2. The number of carbonyl (C=O) groups is 1. The standard InChI is InChI=1S/C15H30N2O3/c1-5-11(10-18)16-12-7-6-8-13(9-12)17-14(19)20-15(2,3)4/h11-13,16,18H,5-10H2,1-4H3,(H,17,19). The van der Waals surface area contributed by atoms with Crippen LogP contribution >= 0.6 is 0 Å². The fourth-order valence-corrected chi connectivity index (χ4v) is 2.58. The Morgan fingerprint density at radius 2 is 2.00 bits per heavy atom. The molecule has 5 nitrogen and oxygen atoms in total. The molecule has 0 spiro atoms. The Morgan fingerprint density at radius 3 is 2.55 bits per heavy atom. The van der Waals surface area contributed by atoms with E-state index in [1.54, 1.807) is 0 Å². The van der Waals surface area contributed by atoms with E-state index in [0.717, 1.165) is 32.1 Å². The van der Waals surface area contributed by atoms with Crippen LogP contribution < -0.4 is 10.6 Å². The fourth-order valence-electron chi connectivity index (χ4n) is 2.58. The van der Waals surface area contributed by atoms with Gasteiger partial charge in [-0.2, -0.15) is 0 Å². The number of rotatable bonds is 5. The quantitative estimate of drug-likeness (QED) is 0.724. The zero-order valence-corrected chi connectivity index (χ0v) is 13.2. The molecule has 1 fully saturated rings. The van der Waals surface area contributed by atoms with E-state index in [0.29, 0.717) is 6.04 Å². The number of aliphatic hydroxyl groups excluding tert-OH is 1. The van der Waals surface area contributed by atoms with Crippen LogP contribution in [-0.4, -0.2) is 41.5 Å². The minimum absolute atomic E-state index is 0.153. The number of nitrogens with one attached hydrogen (secondary N) is 2. The Hall–Kier alpha value is -0.810. The molecule has 1 aliphatic rings. The molecule has 3 atom stereocenters. The van der Waals surface area contributed by atoms with Gasteiger partial charge < -0.3 is 20.5 Å². The van der Waals surface area contributed by atoms with E-state index in [2.05, 4.69) is 17.6 Å². The molecule has 1 rings (SSSR count). The molecule has 20 heavy (non-hydrogen) atoms. The highest BCUT2D eigenvalue weighted by Gasteiger charge is 2.26. The van der Waals surface area contributed by atoms with Crippen LogP contribution in [-0.2, 0) is 4.74 Å². The first-order chi connectivity index (χ1) is 9.34. The van der Waals surface area contributed by atoms with Gasteiger partial charge in [0.05, 0.1) is 6.61 Å². The molecule has 3 N–H and O–H groups in total. The maximum Gasteiger partial charge on any atom is 0.407 e. The van der Waals surface area contributed by atoms with Gasteiger partial charge in [0.25, 0.3) is 0 Å². The summed E-state index contributed by atoms with van der Waals surface area (Å²) in [6.45, 7) is 7.82. The van der Waals surface area contributed by atoms with Crippen molar-refractivity contribution in [3.8, 4) is 0 Å². The van der Waals surface area contributed by atoms with Crippen LogP contribution in [0.1, 0.15) is 59.8 Å². The smallest absolute Gasteiger partial charge is 0.407 e. The van der Waals surface area contributed by atoms with Gasteiger partial charge in [-0.15, -0.1) is 0 Å². The Morgan fingerprint density at radius 1 is 1.35 bits per heavy atom. The van der Waals surface area contributed by atoms with E-state index >= 15 is 0 Å². The molecule has 0 saturated heterocycles. The van der Waals surface area contributed by atoms with Crippen molar-refractivity contribution >= 4 is 6.09 Å². The van der Waals surface area contributed by atoms with Gasteiger partial charge in [-0.3, -0.25) is 0 Å². The molecule has 1 saturated carbocycles. The lowest BCUT2D eigenvalue weighted by Crippen LogP contribution is -2.48. The molecule has 1 aliphatic carbocycles. The highest BCUT2D eigenvalue weighted by atomic mass is 16.6. The van der Waals surface area contributed by atoms with Gasteiger partial charge in [0.1, 0.15) is 5.60 Å². The van der Waals surface area contributed by atoms with Crippen LogP contribution in [0.2, 0.25) is 0 Å². The third kappa shape index (κ3) is 6.57. The molecule has 0 heterocycles. The molecule has 3 unspecified atom stereocenters. The summed E-state index contributed by atoms with van der Waals surface area (Å²) >= 11 is 0. The number of amides is 1. The van der Waals surface area contributed by atoms with Gasteiger partial charge in [0.2, 0.25) is 0 Å². The maximum atomic E-state index is 11.8. The van der Waals surface area contributed by atoms with Crippen molar-refractivity contribution in [2.45, 2.75) is 83.5 Å². The van der Waals surface area contributed by atoms with Crippen LogP contribution in [0.5, 0.6) is 0 Å². The van der Waals surface area contributed by atoms with Crippen molar-refractivity contribution in [1.29, 1.82) is 0 Å². The lowest BCUT2D eigenvalue weighted by atomic mass is 9.90. The van der Waals surface area contributed by atoms with Crippen LogP contribution in [0.25, 0.3) is 0 Å². The lowest BCUT2D eigenvalue weighted by Gasteiger charge is -2.33. The molecule has 0 aromatic rings. The van der Waals surface area contributed by atoms with E-state index in [-0.39, 0.29) is 24.8 Å². The second kappa shape index (κ2) is 7.84. The van der Waals surface area contributed by atoms with E-state index in [9.17, 15) is 9.90 Å². The van der Waals surface area contributed by atoms with Gasteiger partial charge in [0.15, 0.2) is 0 Å². The van der Waals surface area contributed by atoms with Gasteiger partial charge in [-0.05, 0) is 52.9 Å². The highest BCUT2D eigenvalue weighted by Crippen LogP contribution is 2.20. The zero-order valence-electron chi connectivity index (χ0n) is 13.2. The Balaban J connectivity index is 2.39. The lowest BCUT2D eigenvalue weighted by molar-refractivity contribution is 0.0487. The predicted molar refractivity (Wildman–Crippen MR) is 79.7 cm³/mol. The van der Waals surface area contributed by atoms with Gasteiger partial charge in [0, 0.05) is 18.1 Å². The average molecular weight is 286 g/mol. The van der Waals surface area contributed by atoms with Gasteiger partial charge in [-0.1, -0.05) is 6.92 Å². The first kappa shape index (κ1) is 17.2. The monoisotopic (exact) mass is 286 g/mol. The maximum absolute atomic E-state index is 11.8. The number of ether oxygens (including phenoxy) is 1. The van der Waals surface area contributed by atoms with Crippen molar-refractivity contribution < 1.29 is 14.6 Å². The van der Waals surface area contributed by atoms with Crippen LogP contribution in [0.15, 0.2) is 0 Å². The van der Waals surface area contributed by atoms with Crippen molar-refractivity contribution in [2.24, 2.45) is 0 Å². The molecule has 5 heteroatoms. The SMILES string of the molecule is CCC(CO)NC1CCCC(NC(=O)OC(C)(C)C)C1. The molecule has 1 amide bonds. The summed E-state index contributed by atoms with van der Waals surface area (Å²) in [6.07, 6.45) is 4.65. The average Bonchev–Trinajstić information content (AvgIpc) is 2.34. The van der Waals surface area contributed by atoms with Crippen molar-refractivity contribution in [3.05, 3.63) is 0 Å². The van der Waals surface area contributed by atoms with Crippen LogP contribution in [0.3, 0.4) is 0 Å². The van der Waals surface area contributed by atoms with E-state index < -0.39 is 5.60 Å². The van der Waals surface area contributed by atoms with Crippen LogP contribution in [0.4, 0.5) is 4.79 Å². The molecule has 0 aliphatic heterocycles. The minimum Gasteiger partial charge on any atom is -0.444 e. The number of hydrogen-bond acceptors (Lipinski definition) is 4. The normalized spacial score (nSPS) is 25.1. The first-order valence-corrected chi connectivity index (χ1v) is 7.70.